The van der Waals surface area contributed by atoms with Gasteiger partial charge in [0.25, 0.3) is 0 Å². The maximum Gasteiger partial charge on any atom is 0.224 e. The molecule has 0 saturated heterocycles. The van der Waals surface area contributed by atoms with Gasteiger partial charge in [-0.25, -0.2) is 0 Å². The number of benzene rings is 2. The molecule has 0 fully saturated rings. The third kappa shape index (κ3) is 5.35. The van der Waals surface area contributed by atoms with Crippen LogP contribution < -0.4 is 10.1 Å². The van der Waals surface area contributed by atoms with E-state index < -0.39 is 0 Å². The summed E-state index contributed by atoms with van der Waals surface area (Å²) in [5, 5.41) is 3.56. The Balaban J connectivity index is 1.72. The molecule has 0 saturated carbocycles. The molecule has 3 nitrogen and oxygen atoms in total. The van der Waals surface area contributed by atoms with Crippen LogP contribution in [0.3, 0.4) is 0 Å². The molecule has 0 aromatic heterocycles. The number of ether oxygens (including phenoxy) is 1. The largest absolute Gasteiger partial charge is 0.492 e. The molecular formula is C17H17BrClNO2. The van der Waals surface area contributed by atoms with E-state index in [9.17, 15) is 4.79 Å². The van der Waals surface area contributed by atoms with E-state index in [4.69, 9.17) is 16.3 Å². The Hall–Kier alpha value is -1.52. The molecule has 2 aromatic carbocycles. The highest BCUT2D eigenvalue weighted by atomic mass is 79.9. The Labute approximate surface area is 143 Å². The van der Waals surface area contributed by atoms with Crippen molar-refractivity contribution >= 4 is 33.4 Å². The van der Waals surface area contributed by atoms with Crippen LogP contribution in [-0.2, 0) is 11.2 Å². The minimum atomic E-state index is -0.0195. The molecule has 22 heavy (non-hydrogen) atoms. The third-order valence-corrected chi connectivity index (χ3v) is 3.99. The summed E-state index contributed by atoms with van der Waals surface area (Å²) in [6.07, 6.45) is 0.361. The first-order chi connectivity index (χ1) is 10.5. The zero-order chi connectivity index (χ0) is 15.9. The topological polar surface area (TPSA) is 38.3 Å². The normalized spacial score (nSPS) is 10.3. The molecule has 1 N–H and O–H groups in total. The molecule has 0 bridgehead atoms. The third-order valence-electron chi connectivity index (χ3n) is 3.08. The fraction of sp³-hybridized carbons (Fsp3) is 0.235. The molecule has 0 unspecified atom stereocenters. The Bertz CT molecular complexity index is 661. The summed E-state index contributed by atoms with van der Waals surface area (Å²) < 4.78 is 6.55. The average Bonchev–Trinajstić information content (AvgIpc) is 2.47. The maximum atomic E-state index is 11.8. The van der Waals surface area contributed by atoms with Gasteiger partial charge >= 0.3 is 0 Å². The lowest BCUT2D eigenvalue weighted by Gasteiger charge is -2.09. The number of aryl methyl sites for hydroxylation is 1. The molecule has 5 heteroatoms. The van der Waals surface area contributed by atoms with Gasteiger partial charge in [0, 0.05) is 9.50 Å². The molecule has 0 atom stereocenters. The first-order valence-corrected chi connectivity index (χ1v) is 8.12. The Morgan fingerprint density at radius 3 is 2.82 bits per heavy atom. The summed E-state index contributed by atoms with van der Waals surface area (Å²) in [6.45, 7) is 2.81. The quantitative estimate of drug-likeness (QED) is 0.762. The number of carbonyl (C=O) groups is 1. The molecule has 2 rings (SSSR count). The second-order valence-corrected chi connectivity index (χ2v) is 6.24. The van der Waals surface area contributed by atoms with Crippen LogP contribution in [0.15, 0.2) is 46.9 Å². The maximum absolute atomic E-state index is 11.8. The molecule has 0 aliphatic carbocycles. The first kappa shape index (κ1) is 16.8. The van der Waals surface area contributed by atoms with Crippen molar-refractivity contribution in [2.24, 2.45) is 0 Å². The Kier molecular flexibility index (Phi) is 6.28. The van der Waals surface area contributed by atoms with Gasteiger partial charge in [-0.15, -0.1) is 0 Å². The van der Waals surface area contributed by atoms with Crippen LogP contribution in [0.25, 0.3) is 0 Å². The molecule has 0 aliphatic rings. The predicted octanol–water partition coefficient (Wildman–Crippen LogP) is 4.15. The van der Waals surface area contributed by atoms with Crippen LogP contribution in [-0.4, -0.2) is 19.1 Å². The van der Waals surface area contributed by atoms with Crippen LogP contribution >= 0.6 is 27.5 Å². The van der Waals surface area contributed by atoms with Gasteiger partial charge in [-0.05, 0) is 48.4 Å². The highest BCUT2D eigenvalue weighted by Gasteiger charge is 2.04. The highest BCUT2D eigenvalue weighted by Crippen LogP contribution is 2.20. The predicted molar refractivity (Wildman–Crippen MR) is 92.5 cm³/mol. The SMILES string of the molecule is Cc1cc(OCCNC(=O)Cc2cccc(Br)c2)ccc1Cl. The van der Waals surface area contributed by atoms with Gasteiger partial charge in [0.15, 0.2) is 0 Å². The van der Waals surface area contributed by atoms with Crippen molar-refractivity contribution in [1.29, 1.82) is 0 Å². The number of carbonyl (C=O) groups excluding carboxylic acids is 1. The summed E-state index contributed by atoms with van der Waals surface area (Å²) in [5.41, 5.74) is 1.94. The van der Waals surface area contributed by atoms with Gasteiger partial charge in [0.05, 0.1) is 13.0 Å². The minimum absolute atomic E-state index is 0.0195. The van der Waals surface area contributed by atoms with E-state index in [0.717, 1.165) is 26.4 Å². The lowest BCUT2D eigenvalue weighted by molar-refractivity contribution is -0.120. The molecule has 0 spiro atoms. The van der Waals surface area contributed by atoms with E-state index in [0.29, 0.717) is 19.6 Å². The summed E-state index contributed by atoms with van der Waals surface area (Å²) in [5.74, 6) is 0.733. The molecule has 0 heterocycles. The summed E-state index contributed by atoms with van der Waals surface area (Å²) in [6, 6.07) is 13.2. The van der Waals surface area contributed by atoms with Gasteiger partial charge in [0.1, 0.15) is 12.4 Å². The van der Waals surface area contributed by atoms with Crippen LogP contribution in [0.2, 0.25) is 5.02 Å². The monoisotopic (exact) mass is 381 g/mol. The number of nitrogens with one attached hydrogen (secondary N) is 1. The van der Waals surface area contributed by atoms with Crippen molar-refractivity contribution in [3.8, 4) is 5.75 Å². The van der Waals surface area contributed by atoms with Crippen molar-refractivity contribution in [3.63, 3.8) is 0 Å². The van der Waals surface area contributed by atoms with Crippen molar-refractivity contribution < 1.29 is 9.53 Å². The van der Waals surface area contributed by atoms with E-state index in [-0.39, 0.29) is 5.91 Å². The molecule has 2 aromatic rings. The lowest BCUT2D eigenvalue weighted by atomic mass is 10.1. The van der Waals surface area contributed by atoms with Crippen molar-refractivity contribution in [3.05, 3.63) is 63.1 Å². The van der Waals surface area contributed by atoms with Gasteiger partial charge in [0.2, 0.25) is 5.91 Å². The molecule has 0 aliphatic heterocycles. The van der Waals surface area contributed by atoms with Crippen molar-refractivity contribution in [2.75, 3.05) is 13.2 Å². The lowest BCUT2D eigenvalue weighted by Crippen LogP contribution is -2.29. The average molecular weight is 383 g/mol. The Morgan fingerprint density at radius 1 is 1.27 bits per heavy atom. The van der Waals surface area contributed by atoms with Gasteiger partial charge in [-0.1, -0.05) is 39.7 Å². The molecule has 1 amide bonds. The van der Waals surface area contributed by atoms with Crippen LogP contribution in [0, 0.1) is 6.92 Å². The number of amides is 1. The van der Waals surface area contributed by atoms with Crippen molar-refractivity contribution in [1.82, 2.24) is 5.32 Å². The molecule has 116 valence electrons. The summed E-state index contributed by atoms with van der Waals surface area (Å²) in [4.78, 5) is 11.8. The standard InChI is InChI=1S/C17H17BrClNO2/c1-12-9-15(5-6-16(12)19)22-8-7-20-17(21)11-13-3-2-4-14(18)10-13/h2-6,9-10H,7-8,11H2,1H3,(H,20,21). The second-order valence-electron chi connectivity index (χ2n) is 4.92. The number of halogens is 2. The zero-order valence-electron chi connectivity index (χ0n) is 12.2. The molecular weight excluding hydrogens is 366 g/mol. The van der Waals surface area contributed by atoms with E-state index in [1.54, 1.807) is 6.07 Å². The summed E-state index contributed by atoms with van der Waals surface area (Å²) >= 11 is 9.35. The van der Waals surface area contributed by atoms with E-state index in [1.165, 1.54) is 0 Å². The summed E-state index contributed by atoms with van der Waals surface area (Å²) in [7, 11) is 0. The minimum Gasteiger partial charge on any atom is -0.492 e. The van der Waals surface area contributed by atoms with Crippen LogP contribution in [0.1, 0.15) is 11.1 Å². The highest BCUT2D eigenvalue weighted by molar-refractivity contribution is 9.10. The molecule has 0 radical (unpaired) electrons. The van der Waals surface area contributed by atoms with E-state index in [1.807, 2.05) is 43.3 Å². The van der Waals surface area contributed by atoms with Gasteiger partial charge in [-0.2, -0.15) is 0 Å². The van der Waals surface area contributed by atoms with Crippen molar-refractivity contribution in [2.45, 2.75) is 13.3 Å². The first-order valence-electron chi connectivity index (χ1n) is 6.94. The smallest absolute Gasteiger partial charge is 0.224 e. The number of hydrogen-bond acceptors (Lipinski definition) is 2. The van der Waals surface area contributed by atoms with E-state index in [2.05, 4.69) is 21.2 Å². The van der Waals surface area contributed by atoms with E-state index >= 15 is 0 Å². The Morgan fingerprint density at radius 2 is 2.09 bits per heavy atom. The second kappa shape index (κ2) is 8.20. The van der Waals surface area contributed by atoms with Gasteiger partial charge in [-0.3, -0.25) is 4.79 Å². The number of rotatable bonds is 6. The fourth-order valence-corrected chi connectivity index (χ4v) is 2.53. The zero-order valence-corrected chi connectivity index (χ0v) is 14.6. The van der Waals surface area contributed by atoms with Gasteiger partial charge < -0.3 is 10.1 Å². The number of hydrogen-bond donors (Lipinski definition) is 1. The van der Waals surface area contributed by atoms with Crippen LogP contribution in [0.5, 0.6) is 5.75 Å². The van der Waals surface area contributed by atoms with Crippen LogP contribution in [0.4, 0.5) is 0 Å². The fourth-order valence-electron chi connectivity index (χ4n) is 1.96.